The van der Waals surface area contributed by atoms with Crippen molar-refractivity contribution >= 4 is 33.5 Å². The van der Waals surface area contributed by atoms with E-state index in [1.165, 1.54) is 11.3 Å². The summed E-state index contributed by atoms with van der Waals surface area (Å²) >= 11 is 1.40. The summed E-state index contributed by atoms with van der Waals surface area (Å²) in [6.07, 6.45) is 1.87. The molecule has 0 saturated heterocycles. The van der Waals surface area contributed by atoms with Gasteiger partial charge >= 0.3 is 11.9 Å². The molecule has 1 atom stereocenters. The number of hydrogen-bond acceptors (Lipinski definition) is 7. The van der Waals surface area contributed by atoms with Crippen LogP contribution in [0.2, 0.25) is 0 Å². The fraction of sp³-hybridized carbons (Fsp3) is 0.500. The Morgan fingerprint density at radius 3 is 2.75 bits per heavy atom. The van der Waals surface area contributed by atoms with Gasteiger partial charge in [0.15, 0.2) is 0 Å². The maximum absolute atomic E-state index is 12.4. The first-order valence-corrected chi connectivity index (χ1v) is 8.75. The molecule has 1 unspecified atom stereocenters. The number of aromatic nitrogens is 2. The number of ether oxygens (including phenoxy) is 2. The molecule has 8 heteroatoms. The molecule has 2 aromatic heterocycles. The van der Waals surface area contributed by atoms with Crippen molar-refractivity contribution in [1.82, 2.24) is 9.97 Å². The van der Waals surface area contributed by atoms with Gasteiger partial charge in [0.1, 0.15) is 4.83 Å². The van der Waals surface area contributed by atoms with Gasteiger partial charge in [-0.15, -0.1) is 11.3 Å². The minimum absolute atomic E-state index is 0.0881. The molecule has 0 bridgehead atoms. The molecule has 1 aliphatic carbocycles. The second-order valence-corrected chi connectivity index (χ2v) is 6.59. The van der Waals surface area contributed by atoms with E-state index in [0.29, 0.717) is 36.1 Å². The average molecular weight is 350 g/mol. The Balaban J connectivity index is 2.00. The van der Waals surface area contributed by atoms with E-state index in [2.05, 4.69) is 9.97 Å². The van der Waals surface area contributed by atoms with Crippen molar-refractivity contribution in [1.29, 1.82) is 0 Å². The molecule has 0 aromatic carbocycles. The molecule has 0 fully saturated rings. The Kier molecular flexibility index (Phi) is 4.66. The number of carbonyl (C=O) groups is 2. The quantitative estimate of drug-likeness (QED) is 0.845. The van der Waals surface area contributed by atoms with E-state index in [4.69, 9.17) is 9.47 Å². The maximum atomic E-state index is 12.4. The zero-order valence-corrected chi connectivity index (χ0v) is 14.3. The minimum atomic E-state index is -0.646. The first-order valence-electron chi connectivity index (χ1n) is 7.93. The molecule has 128 valence electrons. The first kappa shape index (κ1) is 16.6. The highest BCUT2D eigenvalue weighted by Crippen LogP contribution is 2.36. The largest absolute Gasteiger partial charge is 0.466 e. The van der Waals surface area contributed by atoms with Crippen LogP contribution in [0.25, 0.3) is 10.2 Å². The van der Waals surface area contributed by atoms with E-state index in [9.17, 15) is 14.4 Å². The second-order valence-electron chi connectivity index (χ2n) is 5.51. The lowest BCUT2D eigenvalue weighted by Crippen LogP contribution is -2.25. The number of esters is 2. The summed E-state index contributed by atoms with van der Waals surface area (Å²) in [4.78, 5) is 44.5. The molecule has 0 spiro atoms. The topological polar surface area (TPSA) is 98.4 Å². The summed E-state index contributed by atoms with van der Waals surface area (Å²) in [5.74, 6) is -1.20. The summed E-state index contributed by atoms with van der Waals surface area (Å²) in [5.41, 5.74) is 0.480. The Labute approximate surface area is 142 Å². The maximum Gasteiger partial charge on any atom is 0.374 e. The number of nitrogens with zero attached hydrogens (tertiary/aromatic N) is 1. The van der Waals surface area contributed by atoms with Crippen LogP contribution in [0.4, 0.5) is 0 Å². The number of thiophene rings is 1. The van der Waals surface area contributed by atoms with Gasteiger partial charge in [-0.1, -0.05) is 0 Å². The van der Waals surface area contributed by atoms with Crippen LogP contribution >= 0.6 is 11.3 Å². The summed E-state index contributed by atoms with van der Waals surface area (Å²) in [7, 11) is 0. The highest BCUT2D eigenvalue weighted by Gasteiger charge is 2.30. The van der Waals surface area contributed by atoms with Gasteiger partial charge in [0, 0.05) is 4.88 Å². The molecular formula is C16H18N2O5S. The fourth-order valence-corrected chi connectivity index (χ4v) is 4.16. The molecule has 0 amide bonds. The summed E-state index contributed by atoms with van der Waals surface area (Å²) in [6.45, 7) is 4.02. The van der Waals surface area contributed by atoms with Gasteiger partial charge in [0.25, 0.3) is 5.56 Å². The SMILES string of the molecule is CCOC(=O)c1nc2sc3c(c2c(=O)[nH]1)CC(C(=O)OCC)CC3. The van der Waals surface area contributed by atoms with Crippen molar-refractivity contribution in [3.8, 4) is 0 Å². The van der Waals surface area contributed by atoms with Crippen molar-refractivity contribution in [2.75, 3.05) is 13.2 Å². The third-order valence-corrected chi connectivity index (χ3v) is 5.19. The van der Waals surface area contributed by atoms with Crippen LogP contribution in [-0.4, -0.2) is 35.1 Å². The molecule has 1 N–H and O–H groups in total. The first-order chi connectivity index (χ1) is 11.5. The normalized spacial score (nSPS) is 16.7. The molecule has 2 aromatic rings. The van der Waals surface area contributed by atoms with E-state index in [0.717, 1.165) is 10.4 Å². The summed E-state index contributed by atoms with van der Waals surface area (Å²) < 4.78 is 9.98. The Bertz CT molecular complexity index is 854. The number of fused-ring (bicyclic) bond motifs is 3. The number of aryl methyl sites for hydroxylation is 1. The van der Waals surface area contributed by atoms with Crippen LogP contribution in [0, 0.1) is 5.92 Å². The van der Waals surface area contributed by atoms with Crippen molar-refractivity contribution in [3.63, 3.8) is 0 Å². The summed E-state index contributed by atoms with van der Waals surface area (Å²) in [5, 5.41) is 0.469. The molecule has 7 nitrogen and oxygen atoms in total. The number of nitrogens with one attached hydrogen (secondary N) is 1. The molecular weight excluding hydrogens is 332 g/mol. The van der Waals surface area contributed by atoms with Crippen LogP contribution in [0.5, 0.6) is 0 Å². The highest BCUT2D eigenvalue weighted by atomic mass is 32.1. The van der Waals surface area contributed by atoms with Gasteiger partial charge in [-0.3, -0.25) is 9.59 Å². The lowest BCUT2D eigenvalue weighted by Gasteiger charge is -2.20. The number of hydrogen-bond donors (Lipinski definition) is 1. The fourth-order valence-electron chi connectivity index (χ4n) is 2.94. The van der Waals surface area contributed by atoms with E-state index in [-0.39, 0.29) is 29.9 Å². The number of carbonyl (C=O) groups excluding carboxylic acids is 2. The van der Waals surface area contributed by atoms with Crippen LogP contribution in [0.1, 0.15) is 41.3 Å². The third-order valence-electron chi connectivity index (χ3n) is 4.00. The van der Waals surface area contributed by atoms with E-state index < -0.39 is 5.97 Å². The van der Waals surface area contributed by atoms with E-state index in [1.54, 1.807) is 13.8 Å². The summed E-state index contributed by atoms with van der Waals surface area (Å²) in [6, 6.07) is 0. The molecule has 0 saturated carbocycles. The van der Waals surface area contributed by atoms with Crippen LogP contribution in [-0.2, 0) is 27.1 Å². The smallest absolute Gasteiger partial charge is 0.374 e. The third kappa shape index (κ3) is 2.93. The minimum Gasteiger partial charge on any atom is -0.466 e. The monoisotopic (exact) mass is 350 g/mol. The molecule has 0 aliphatic heterocycles. The molecule has 1 aliphatic rings. The van der Waals surface area contributed by atoms with Crippen LogP contribution in [0.3, 0.4) is 0 Å². The van der Waals surface area contributed by atoms with Crippen molar-refractivity contribution in [2.45, 2.75) is 33.1 Å². The Hall–Kier alpha value is -2.22. The Morgan fingerprint density at radius 1 is 1.29 bits per heavy atom. The predicted octanol–water partition coefficient (Wildman–Crippen LogP) is 1.83. The molecule has 0 radical (unpaired) electrons. The van der Waals surface area contributed by atoms with Crippen LogP contribution < -0.4 is 5.56 Å². The van der Waals surface area contributed by atoms with Gasteiger partial charge in [0.05, 0.1) is 24.5 Å². The zero-order chi connectivity index (χ0) is 17.3. The van der Waals surface area contributed by atoms with Gasteiger partial charge in [0.2, 0.25) is 5.82 Å². The van der Waals surface area contributed by atoms with Gasteiger partial charge in [-0.2, -0.15) is 0 Å². The predicted molar refractivity (Wildman–Crippen MR) is 88.3 cm³/mol. The van der Waals surface area contributed by atoms with Crippen LogP contribution in [0.15, 0.2) is 4.79 Å². The average Bonchev–Trinajstić information content (AvgIpc) is 2.93. The molecule has 3 rings (SSSR count). The number of aromatic amines is 1. The number of H-pyrrole nitrogens is 1. The molecule has 24 heavy (non-hydrogen) atoms. The molecule has 2 heterocycles. The standard InChI is InChI=1S/C16H18N2O5S/c1-3-22-15(20)8-5-6-10-9(7-8)11-13(19)17-12(16(21)23-4-2)18-14(11)24-10/h8H,3-7H2,1-2H3,(H,17,18,19). The van der Waals surface area contributed by atoms with Gasteiger partial charge < -0.3 is 14.5 Å². The number of rotatable bonds is 4. The van der Waals surface area contributed by atoms with Crippen molar-refractivity contribution < 1.29 is 19.1 Å². The zero-order valence-electron chi connectivity index (χ0n) is 13.5. The Morgan fingerprint density at radius 2 is 2.04 bits per heavy atom. The highest BCUT2D eigenvalue weighted by molar-refractivity contribution is 7.18. The second kappa shape index (κ2) is 6.72. The van der Waals surface area contributed by atoms with Gasteiger partial charge in [-0.25, -0.2) is 9.78 Å². The van der Waals surface area contributed by atoms with Crippen molar-refractivity contribution in [3.05, 3.63) is 26.6 Å². The van der Waals surface area contributed by atoms with E-state index in [1.807, 2.05) is 0 Å². The van der Waals surface area contributed by atoms with E-state index >= 15 is 0 Å². The van der Waals surface area contributed by atoms with Crippen molar-refractivity contribution in [2.24, 2.45) is 5.92 Å². The van der Waals surface area contributed by atoms with Gasteiger partial charge in [-0.05, 0) is 38.7 Å². The lowest BCUT2D eigenvalue weighted by atomic mass is 9.87. The lowest BCUT2D eigenvalue weighted by molar-refractivity contribution is -0.148.